The van der Waals surface area contributed by atoms with Crippen molar-refractivity contribution in [3.05, 3.63) is 37.5 Å². The lowest BCUT2D eigenvalue weighted by atomic mass is 10.3. The van der Waals surface area contributed by atoms with Crippen molar-refractivity contribution in [2.24, 2.45) is 5.73 Å². The highest BCUT2D eigenvalue weighted by molar-refractivity contribution is 5.80. The van der Waals surface area contributed by atoms with Gasteiger partial charge >= 0.3 is 18.3 Å². The molecule has 0 saturated carbocycles. The number of unbranched alkanes of at least 4 members (excludes halogenated alkanes) is 2. The van der Waals surface area contributed by atoms with Gasteiger partial charge in [-0.05, 0) is 19.9 Å². The van der Waals surface area contributed by atoms with Crippen molar-refractivity contribution >= 4 is 18.3 Å². The molecule has 0 aliphatic heterocycles. The highest BCUT2D eigenvalue weighted by Crippen LogP contribution is 1.88. The van der Waals surface area contributed by atoms with Crippen molar-refractivity contribution in [3.63, 3.8) is 0 Å². The SMILES string of the molecule is C/C=C/CC#N.C=CC(=O)OC.C=CCC#N.CCCCCN.O=C=O.O=C=O.[HH]. The maximum atomic E-state index is 9.84. The Balaban J connectivity index is -0.0000000429. The third-order valence-electron chi connectivity index (χ3n) is 1.86. The molecule has 0 radical (unpaired) electrons. The summed E-state index contributed by atoms with van der Waals surface area (Å²) in [6.07, 6.45) is 11.6. The molecule has 0 aliphatic rings. The summed E-state index contributed by atoms with van der Waals surface area (Å²) < 4.78 is 4.14. The number of methoxy groups -OCH3 is 1. The van der Waals surface area contributed by atoms with Crippen molar-refractivity contribution in [1.29, 1.82) is 10.5 Å². The zero-order chi connectivity index (χ0) is 24.2. The van der Waals surface area contributed by atoms with Crippen LogP contribution in [-0.4, -0.2) is 31.9 Å². The molecule has 0 amide bonds. The lowest BCUT2D eigenvalue weighted by molar-refractivity contribution is -0.193. The highest BCUT2D eigenvalue weighted by atomic mass is 16.5. The van der Waals surface area contributed by atoms with Crippen LogP contribution in [0.15, 0.2) is 37.5 Å². The summed E-state index contributed by atoms with van der Waals surface area (Å²) in [4.78, 5) is 42.3. The van der Waals surface area contributed by atoms with Crippen LogP contribution in [0.4, 0.5) is 0 Å². The van der Waals surface area contributed by atoms with Gasteiger partial charge in [-0.3, -0.25) is 0 Å². The number of nitriles is 2. The van der Waals surface area contributed by atoms with Crippen LogP contribution < -0.4 is 5.73 Å². The lowest BCUT2D eigenvalue weighted by Gasteiger charge is -1.86. The maximum Gasteiger partial charge on any atom is 0.373 e. The van der Waals surface area contributed by atoms with Crippen LogP contribution in [0.25, 0.3) is 0 Å². The number of hydrogen-bond acceptors (Lipinski definition) is 9. The van der Waals surface area contributed by atoms with E-state index in [1.54, 1.807) is 6.08 Å². The van der Waals surface area contributed by atoms with Crippen LogP contribution >= 0.6 is 0 Å². The molecule has 0 fully saturated rings. The van der Waals surface area contributed by atoms with Crippen molar-refractivity contribution in [1.82, 2.24) is 0 Å². The molecule has 29 heavy (non-hydrogen) atoms. The van der Waals surface area contributed by atoms with Gasteiger partial charge in [-0.1, -0.05) is 44.6 Å². The second-order valence-electron chi connectivity index (χ2n) is 3.97. The van der Waals surface area contributed by atoms with Gasteiger partial charge in [0.2, 0.25) is 0 Å². The summed E-state index contributed by atoms with van der Waals surface area (Å²) in [6.45, 7) is 11.4. The van der Waals surface area contributed by atoms with Crippen LogP contribution in [0, 0.1) is 22.7 Å². The second kappa shape index (κ2) is 64.4. The van der Waals surface area contributed by atoms with Gasteiger partial charge in [-0.25, -0.2) is 4.79 Å². The fourth-order valence-electron chi connectivity index (χ4n) is 0.713. The van der Waals surface area contributed by atoms with Gasteiger partial charge in [0, 0.05) is 7.50 Å². The first-order valence-electron chi connectivity index (χ1n) is 8.24. The first-order valence-corrected chi connectivity index (χ1v) is 8.24. The molecule has 0 bridgehead atoms. The zero-order valence-corrected chi connectivity index (χ0v) is 17.4. The number of ether oxygens (including phenoxy) is 1. The standard InChI is InChI=1S/C5H13N.C5H7N.C4H5N.C4H6O2.2CO2.H2/c2*1-2-3-4-5-6;1-2-3-4-5;1-3-4(5)6-2;2*2-1-3;/h2-6H2,1H3;2-3H,4H2,1H3;2H,1,3H2;3H,1H2,2H3;;;1H/b;3-2+;;;;;. The minimum absolute atomic E-state index is 0. The van der Waals surface area contributed by atoms with Crippen LogP contribution in [0.2, 0.25) is 0 Å². The fraction of sp³-hybridized carbons (Fsp3) is 0.450. The summed E-state index contributed by atoms with van der Waals surface area (Å²) in [5.74, 6) is -0.394. The molecule has 9 heteroatoms. The van der Waals surface area contributed by atoms with E-state index in [2.05, 4.69) is 24.8 Å². The van der Waals surface area contributed by atoms with Crippen LogP contribution in [0.1, 0.15) is 47.4 Å². The summed E-state index contributed by atoms with van der Waals surface area (Å²) in [5.41, 5.74) is 5.21. The third-order valence-corrected chi connectivity index (χ3v) is 1.86. The number of nitrogens with two attached hydrogens (primary N) is 1. The van der Waals surface area contributed by atoms with Crippen LogP contribution in [-0.2, 0) is 28.7 Å². The Morgan fingerprint density at radius 1 is 1.07 bits per heavy atom. The van der Waals surface area contributed by atoms with Gasteiger partial charge in [0.05, 0.1) is 32.1 Å². The number of rotatable bonds is 6. The van der Waals surface area contributed by atoms with E-state index in [9.17, 15) is 4.79 Å². The molecule has 0 aliphatic carbocycles. The summed E-state index contributed by atoms with van der Waals surface area (Å²) in [5, 5.41) is 15.6. The largest absolute Gasteiger partial charge is 0.466 e. The van der Waals surface area contributed by atoms with E-state index in [4.69, 9.17) is 35.4 Å². The van der Waals surface area contributed by atoms with Crippen molar-refractivity contribution in [2.75, 3.05) is 13.7 Å². The predicted molar refractivity (Wildman–Crippen MR) is 108 cm³/mol. The molecular formula is C20H33N3O6. The quantitative estimate of drug-likeness (QED) is 0.298. The topological polar surface area (TPSA) is 168 Å². The molecule has 0 heterocycles. The van der Waals surface area contributed by atoms with E-state index >= 15 is 0 Å². The van der Waals surface area contributed by atoms with Crippen LogP contribution in [0.3, 0.4) is 0 Å². The number of nitrogens with zero attached hydrogens (tertiary/aromatic N) is 2. The van der Waals surface area contributed by atoms with Gasteiger partial charge in [0.25, 0.3) is 0 Å². The monoisotopic (exact) mass is 411 g/mol. The Hall–Kier alpha value is -3.61. The molecule has 0 aromatic rings. The zero-order valence-electron chi connectivity index (χ0n) is 17.4. The maximum absolute atomic E-state index is 9.84. The Morgan fingerprint density at radius 3 is 1.59 bits per heavy atom. The Morgan fingerprint density at radius 2 is 1.52 bits per heavy atom. The van der Waals surface area contributed by atoms with Gasteiger partial charge in [-0.2, -0.15) is 29.7 Å². The Kier molecular flexibility index (Phi) is 89.3. The first-order chi connectivity index (χ1) is 13.9. The van der Waals surface area contributed by atoms with E-state index in [1.165, 1.54) is 26.4 Å². The van der Waals surface area contributed by atoms with Gasteiger partial charge in [0.15, 0.2) is 0 Å². The van der Waals surface area contributed by atoms with Crippen molar-refractivity contribution < 1.29 is 30.1 Å². The van der Waals surface area contributed by atoms with Crippen molar-refractivity contribution in [3.8, 4) is 12.1 Å². The Labute approximate surface area is 174 Å². The molecule has 2 N–H and O–H groups in total. The van der Waals surface area contributed by atoms with Crippen molar-refractivity contribution in [2.45, 2.75) is 46.0 Å². The summed E-state index contributed by atoms with van der Waals surface area (Å²) in [7, 11) is 1.31. The third kappa shape index (κ3) is 174. The molecule has 0 saturated heterocycles. The first kappa shape index (κ1) is 40.2. The van der Waals surface area contributed by atoms with Crippen LogP contribution in [0.5, 0.6) is 0 Å². The molecule has 9 nitrogen and oxygen atoms in total. The highest BCUT2D eigenvalue weighted by Gasteiger charge is 1.81. The van der Waals surface area contributed by atoms with E-state index in [0.717, 1.165) is 12.6 Å². The number of allylic oxidation sites excluding steroid dienone is 3. The second-order valence-corrected chi connectivity index (χ2v) is 3.97. The summed E-state index contributed by atoms with van der Waals surface area (Å²) >= 11 is 0. The molecule has 164 valence electrons. The van der Waals surface area contributed by atoms with Gasteiger partial charge < -0.3 is 10.5 Å². The van der Waals surface area contributed by atoms with Gasteiger partial charge in [-0.15, -0.1) is 6.58 Å². The number of esters is 1. The van der Waals surface area contributed by atoms with Gasteiger partial charge in [0.1, 0.15) is 0 Å². The van der Waals surface area contributed by atoms with E-state index in [-0.39, 0.29) is 13.7 Å². The Bertz CT molecular complexity index is 510. The molecule has 0 aromatic carbocycles. The minimum Gasteiger partial charge on any atom is -0.466 e. The summed E-state index contributed by atoms with van der Waals surface area (Å²) in [6, 6.07) is 3.88. The molecule has 0 atom stereocenters. The number of carbonyl (C=O) groups excluding carboxylic acids is 5. The normalized spacial score (nSPS) is 6.55. The molecule has 0 spiro atoms. The molecular weight excluding hydrogens is 378 g/mol. The average molecular weight is 411 g/mol. The molecule has 0 rings (SSSR count). The molecule has 0 aromatic heterocycles. The lowest BCUT2D eigenvalue weighted by Crippen LogP contribution is -1.96. The average Bonchev–Trinajstić information content (AvgIpc) is 2.73. The molecule has 0 unspecified atom stereocenters. The smallest absolute Gasteiger partial charge is 0.373 e. The number of hydrogen-bond donors (Lipinski definition) is 1. The minimum atomic E-state index is -0.394. The van der Waals surface area contributed by atoms with E-state index in [0.29, 0.717) is 12.8 Å². The van der Waals surface area contributed by atoms with E-state index in [1.807, 2.05) is 31.2 Å². The number of carbonyl (C=O) groups is 1. The predicted octanol–water partition coefficient (Wildman–Crippen LogP) is 3.12. The van der Waals surface area contributed by atoms with E-state index < -0.39 is 5.97 Å². The fourth-order valence-corrected chi connectivity index (χ4v) is 0.713.